The second kappa shape index (κ2) is 8.43. The first-order valence-corrected chi connectivity index (χ1v) is 10.9. The number of carboxylic acids is 1. The van der Waals surface area contributed by atoms with Crippen molar-refractivity contribution in [1.29, 1.82) is 5.26 Å². The lowest BCUT2D eigenvalue weighted by Crippen LogP contribution is -2.18. The molecule has 34 heavy (non-hydrogen) atoms. The van der Waals surface area contributed by atoms with Gasteiger partial charge in [-0.15, -0.1) is 0 Å². The molecule has 9 nitrogen and oxygen atoms in total. The van der Waals surface area contributed by atoms with E-state index in [1.54, 1.807) is 12.1 Å². The van der Waals surface area contributed by atoms with E-state index in [1.165, 1.54) is 0 Å². The molecule has 2 N–H and O–H groups in total. The molecule has 1 saturated carbocycles. The van der Waals surface area contributed by atoms with Crippen LogP contribution in [-0.2, 0) is 21.6 Å². The fraction of sp³-hybridized carbons (Fsp3) is 0.167. The number of carboxylic acid groups (broad SMARTS) is 1. The van der Waals surface area contributed by atoms with Crippen molar-refractivity contribution in [2.75, 3.05) is 5.32 Å². The van der Waals surface area contributed by atoms with Gasteiger partial charge in [-0.05, 0) is 47.8 Å². The molecule has 5 rings (SSSR count). The quantitative estimate of drug-likeness (QED) is 0.400. The van der Waals surface area contributed by atoms with Gasteiger partial charge in [-0.25, -0.2) is 4.79 Å². The second-order valence-electron chi connectivity index (χ2n) is 7.64. The van der Waals surface area contributed by atoms with E-state index in [9.17, 15) is 20.0 Å². The molecular formula is C24H15N3O6S. The van der Waals surface area contributed by atoms with Crippen LogP contribution in [0.15, 0.2) is 51.3 Å². The van der Waals surface area contributed by atoms with Crippen LogP contribution in [0.5, 0.6) is 0 Å². The molecule has 1 amide bonds. The Labute approximate surface area is 196 Å². The van der Waals surface area contributed by atoms with Gasteiger partial charge < -0.3 is 18.7 Å². The smallest absolute Gasteiger partial charge is 0.412 e. The van der Waals surface area contributed by atoms with Gasteiger partial charge in [0, 0.05) is 6.07 Å². The van der Waals surface area contributed by atoms with Crippen LogP contribution >= 0.6 is 11.5 Å². The average Bonchev–Trinajstić information content (AvgIpc) is 3.23. The number of amides is 1. The summed E-state index contributed by atoms with van der Waals surface area (Å²) in [6, 6.07) is 14.4. The van der Waals surface area contributed by atoms with Crippen LogP contribution in [0, 0.1) is 23.2 Å². The average molecular weight is 473 g/mol. The first-order chi connectivity index (χ1) is 16.5. The van der Waals surface area contributed by atoms with Gasteiger partial charge in [0.05, 0.1) is 5.39 Å². The monoisotopic (exact) mass is 473 g/mol. The number of anilines is 1. The van der Waals surface area contributed by atoms with Crippen LogP contribution < -0.4 is 5.32 Å². The molecule has 3 aromatic heterocycles. The van der Waals surface area contributed by atoms with E-state index in [0.29, 0.717) is 24.0 Å². The molecule has 0 radical (unpaired) electrons. The standard InChI is InChI=1S/C24H15N3O6S/c25-12-18-20(26-23(30)31-13-14-4-2-1-3-5-14)17(27-34-18)7-6-16-10-15-11-19(33-21(15)32-16)24(8-9-24)22(28)29/h1-5,10-11H,8-9,13H2,(H,26,30)(H,28,29). The molecule has 0 saturated heterocycles. The molecule has 0 spiro atoms. The van der Waals surface area contributed by atoms with Crippen LogP contribution in [-0.4, -0.2) is 21.5 Å². The van der Waals surface area contributed by atoms with Gasteiger partial charge in [-0.1, -0.05) is 30.3 Å². The zero-order valence-corrected chi connectivity index (χ0v) is 18.3. The van der Waals surface area contributed by atoms with Crippen molar-refractivity contribution >= 4 is 40.4 Å². The summed E-state index contributed by atoms with van der Waals surface area (Å²) in [6.07, 6.45) is 0.318. The lowest BCUT2D eigenvalue weighted by atomic mass is 10.0. The van der Waals surface area contributed by atoms with Gasteiger partial charge in [0.1, 0.15) is 34.4 Å². The van der Waals surface area contributed by atoms with Crippen LogP contribution in [0.3, 0.4) is 0 Å². The number of hydrogen-bond acceptors (Lipinski definition) is 8. The summed E-state index contributed by atoms with van der Waals surface area (Å²) in [6.45, 7) is 0.0732. The van der Waals surface area contributed by atoms with Crippen molar-refractivity contribution in [3.05, 3.63) is 70.1 Å². The van der Waals surface area contributed by atoms with E-state index in [4.69, 9.17) is 13.6 Å². The zero-order valence-electron chi connectivity index (χ0n) is 17.5. The summed E-state index contributed by atoms with van der Waals surface area (Å²) in [7, 11) is 0. The van der Waals surface area contributed by atoms with Crippen molar-refractivity contribution in [2.24, 2.45) is 0 Å². The molecule has 168 valence electrons. The van der Waals surface area contributed by atoms with Crippen LogP contribution in [0.2, 0.25) is 0 Å². The summed E-state index contributed by atoms with van der Waals surface area (Å²) >= 11 is 0.900. The Kier molecular flexibility index (Phi) is 5.28. The predicted molar refractivity (Wildman–Crippen MR) is 120 cm³/mol. The third kappa shape index (κ3) is 3.98. The molecule has 3 heterocycles. The molecule has 1 aromatic carbocycles. The SMILES string of the molecule is N#Cc1snc(C#Cc2cc3cc(C4(C(=O)O)CC4)oc3o2)c1NC(=O)OCc1ccccc1. The topological polar surface area (TPSA) is 139 Å². The first kappa shape index (κ1) is 21.3. The highest BCUT2D eigenvalue weighted by molar-refractivity contribution is 7.07. The fourth-order valence-electron chi connectivity index (χ4n) is 3.38. The van der Waals surface area contributed by atoms with E-state index in [0.717, 1.165) is 17.1 Å². The molecule has 4 aromatic rings. The molecule has 0 bridgehead atoms. The normalized spacial score (nSPS) is 13.5. The van der Waals surface area contributed by atoms with E-state index >= 15 is 0 Å². The lowest BCUT2D eigenvalue weighted by molar-refractivity contribution is -0.140. The maximum Gasteiger partial charge on any atom is 0.412 e. The van der Waals surface area contributed by atoms with Gasteiger partial charge in [0.25, 0.3) is 5.78 Å². The Balaban J connectivity index is 1.32. The summed E-state index contributed by atoms with van der Waals surface area (Å²) in [5.41, 5.74) is 0.211. The highest BCUT2D eigenvalue weighted by Crippen LogP contribution is 2.50. The Morgan fingerprint density at radius 2 is 2.00 bits per heavy atom. The number of nitrogens with zero attached hydrogens (tertiary/aromatic N) is 2. The minimum atomic E-state index is -0.961. The van der Waals surface area contributed by atoms with E-state index in [-0.39, 0.29) is 34.4 Å². The van der Waals surface area contributed by atoms with E-state index in [1.807, 2.05) is 36.4 Å². The number of ether oxygens (including phenoxy) is 1. The number of furan rings is 2. The largest absolute Gasteiger partial charge is 0.480 e. The number of benzene rings is 1. The molecule has 0 aliphatic heterocycles. The number of carbonyl (C=O) groups excluding carboxylic acids is 1. The van der Waals surface area contributed by atoms with Gasteiger partial charge in [0.15, 0.2) is 11.5 Å². The minimum absolute atomic E-state index is 0.0732. The van der Waals surface area contributed by atoms with Gasteiger partial charge >= 0.3 is 12.1 Å². The second-order valence-corrected chi connectivity index (χ2v) is 8.41. The molecule has 1 aliphatic rings. The molecular weight excluding hydrogens is 458 g/mol. The first-order valence-electron chi connectivity index (χ1n) is 10.2. The fourth-order valence-corrected chi connectivity index (χ4v) is 3.98. The lowest BCUT2D eigenvalue weighted by Gasteiger charge is -2.06. The van der Waals surface area contributed by atoms with E-state index < -0.39 is 17.5 Å². The van der Waals surface area contributed by atoms with Gasteiger partial charge in [-0.2, -0.15) is 9.64 Å². The summed E-state index contributed by atoms with van der Waals surface area (Å²) in [5.74, 6) is 5.49. The van der Waals surface area contributed by atoms with Gasteiger partial charge in [0.2, 0.25) is 0 Å². The van der Waals surface area contributed by atoms with Crippen molar-refractivity contribution in [1.82, 2.24) is 4.37 Å². The maximum atomic E-state index is 12.2. The summed E-state index contributed by atoms with van der Waals surface area (Å²) in [4.78, 5) is 23.9. The number of rotatable bonds is 5. The summed E-state index contributed by atoms with van der Waals surface area (Å²) < 4.78 is 20.5. The summed E-state index contributed by atoms with van der Waals surface area (Å²) in [5, 5.41) is 21.9. The zero-order chi connectivity index (χ0) is 23.7. The van der Waals surface area contributed by atoms with Crippen molar-refractivity contribution in [2.45, 2.75) is 24.9 Å². The van der Waals surface area contributed by atoms with Crippen LogP contribution in [0.4, 0.5) is 10.5 Å². The molecule has 0 atom stereocenters. The third-order valence-electron chi connectivity index (χ3n) is 5.38. The van der Waals surface area contributed by atoms with Gasteiger partial charge in [-0.3, -0.25) is 10.1 Å². The van der Waals surface area contributed by atoms with Crippen molar-refractivity contribution in [3.63, 3.8) is 0 Å². The van der Waals surface area contributed by atoms with Crippen molar-refractivity contribution < 1.29 is 28.3 Å². The number of fused-ring (bicyclic) bond motifs is 1. The predicted octanol–water partition coefficient (Wildman–Crippen LogP) is 4.62. The van der Waals surface area contributed by atoms with Crippen molar-refractivity contribution in [3.8, 4) is 17.9 Å². The number of aromatic nitrogens is 1. The number of hydrogen-bond donors (Lipinski definition) is 2. The maximum absolute atomic E-state index is 12.2. The highest BCUT2D eigenvalue weighted by Gasteiger charge is 2.54. The Morgan fingerprint density at radius 1 is 1.21 bits per heavy atom. The van der Waals surface area contributed by atoms with Crippen LogP contribution in [0.25, 0.3) is 11.2 Å². The Morgan fingerprint density at radius 3 is 2.68 bits per heavy atom. The van der Waals surface area contributed by atoms with Crippen LogP contribution in [0.1, 0.15) is 40.5 Å². The molecule has 10 heteroatoms. The number of carbonyl (C=O) groups is 2. The van der Waals surface area contributed by atoms with E-state index in [2.05, 4.69) is 21.5 Å². The number of aliphatic carboxylic acids is 1. The molecule has 1 aliphatic carbocycles. The number of nitrogens with one attached hydrogen (secondary N) is 1. The Bertz CT molecular complexity index is 1480. The highest BCUT2D eigenvalue weighted by atomic mass is 32.1. The third-order valence-corrected chi connectivity index (χ3v) is 6.13. The molecule has 0 unspecified atom stereocenters. The minimum Gasteiger partial charge on any atom is -0.480 e. The Hall–Kier alpha value is -4.54. The molecule has 1 fully saturated rings. The number of nitriles is 1.